The number of nitrogens with zero attached hydrogens (tertiary/aromatic N) is 6. The van der Waals surface area contributed by atoms with Crippen LogP contribution in [0.15, 0.2) is 30.3 Å². The van der Waals surface area contributed by atoms with Crippen LogP contribution < -0.4 is 10.2 Å². The maximum Gasteiger partial charge on any atom is 0.296 e. The average Bonchev–Trinajstić information content (AvgIpc) is 3.32. The summed E-state index contributed by atoms with van der Waals surface area (Å²) >= 11 is 0. The number of benzene rings is 1. The fraction of sp³-hybridized carbons (Fsp3) is 0.621. The van der Waals surface area contributed by atoms with Gasteiger partial charge in [0, 0.05) is 31.7 Å². The lowest BCUT2D eigenvalue weighted by molar-refractivity contribution is 0.0228. The number of fused-ring (bicyclic) bond motifs is 1. The maximum absolute atomic E-state index is 14.2. The molecular formula is C29H41F2N7O2. The van der Waals surface area contributed by atoms with Crippen molar-refractivity contribution < 1.29 is 18.6 Å². The van der Waals surface area contributed by atoms with Crippen molar-refractivity contribution in [3.8, 4) is 5.82 Å². The molecule has 5 rings (SSSR count). The molecular weight excluding hydrogens is 516 g/mol. The normalized spacial score (nSPS) is 22.4. The fourth-order valence-electron chi connectivity index (χ4n) is 6.03. The van der Waals surface area contributed by atoms with Crippen molar-refractivity contribution in [2.24, 2.45) is 5.92 Å². The number of aromatic nitrogens is 4. The summed E-state index contributed by atoms with van der Waals surface area (Å²) in [4.78, 5) is 18.2. The van der Waals surface area contributed by atoms with Crippen molar-refractivity contribution in [1.29, 1.82) is 0 Å². The summed E-state index contributed by atoms with van der Waals surface area (Å²) in [5.41, 5.74) is 0.367. The molecule has 218 valence electrons. The van der Waals surface area contributed by atoms with Crippen molar-refractivity contribution >= 4 is 22.8 Å². The number of imidazole rings is 1. The van der Waals surface area contributed by atoms with Crippen LogP contribution in [0.5, 0.6) is 0 Å². The summed E-state index contributed by atoms with van der Waals surface area (Å²) in [6.45, 7) is 8.91. The van der Waals surface area contributed by atoms with E-state index in [4.69, 9.17) is 14.7 Å². The number of para-hydroxylation sites is 2. The molecule has 0 unspecified atom stereocenters. The van der Waals surface area contributed by atoms with Gasteiger partial charge in [0.1, 0.15) is 11.6 Å². The van der Waals surface area contributed by atoms with Crippen LogP contribution in [0.1, 0.15) is 58.7 Å². The molecule has 11 heteroatoms. The molecule has 3 heterocycles. The second kappa shape index (κ2) is 11.9. The largest absolute Gasteiger partial charge is 0.389 e. The molecule has 9 nitrogen and oxygen atoms in total. The number of halogens is 2. The lowest BCUT2D eigenvalue weighted by Crippen LogP contribution is -2.44. The van der Waals surface area contributed by atoms with Gasteiger partial charge in [-0.05, 0) is 71.6 Å². The van der Waals surface area contributed by atoms with Crippen LogP contribution in [0, 0.1) is 5.92 Å². The SMILES string of the molecule is C[C@H]1COCCN1c1cc(-n2c(C(F)F)nc3ccccc32)nc(NC[C@H]2CC[C@H](N(C)CC(C)(C)O)CC2)n1. The molecule has 2 fully saturated rings. The van der Waals surface area contributed by atoms with Crippen molar-refractivity contribution in [3.63, 3.8) is 0 Å². The number of nitrogens with one attached hydrogen (secondary N) is 1. The molecule has 1 saturated heterocycles. The van der Waals surface area contributed by atoms with Gasteiger partial charge in [-0.3, -0.25) is 4.57 Å². The minimum absolute atomic E-state index is 0.0922. The van der Waals surface area contributed by atoms with Gasteiger partial charge >= 0.3 is 0 Å². The molecule has 1 saturated carbocycles. The third kappa shape index (κ3) is 6.53. The molecule has 0 bridgehead atoms. The number of anilines is 2. The van der Waals surface area contributed by atoms with E-state index in [-0.39, 0.29) is 11.9 Å². The van der Waals surface area contributed by atoms with Crippen molar-refractivity contribution in [1.82, 2.24) is 24.4 Å². The van der Waals surface area contributed by atoms with E-state index in [0.717, 1.165) is 25.7 Å². The molecule has 1 aliphatic carbocycles. The highest BCUT2D eigenvalue weighted by atomic mass is 19.3. The van der Waals surface area contributed by atoms with Gasteiger partial charge in [-0.2, -0.15) is 9.97 Å². The van der Waals surface area contributed by atoms with E-state index in [0.29, 0.717) is 73.4 Å². The third-order valence-electron chi connectivity index (χ3n) is 8.00. The number of ether oxygens (including phenoxy) is 1. The van der Waals surface area contributed by atoms with Gasteiger partial charge < -0.3 is 25.0 Å². The summed E-state index contributed by atoms with van der Waals surface area (Å²) in [5, 5.41) is 13.6. The number of likely N-dealkylation sites (N-methyl/N-ethyl adjacent to an activating group) is 1. The molecule has 0 spiro atoms. The smallest absolute Gasteiger partial charge is 0.296 e. The van der Waals surface area contributed by atoms with Gasteiger partial charge in [-0.25, -0.2) is 13.8 Å². The van der Waals surface area contributed by atoms with Crippen LogP contribution in [0.25, 0.3) is 16.9 Å². The summed E-state index contributed by atoms with van der Waals surface area (Å²) in [6, 6.07) is 9.45. The number of aliphatic hydroxyl groups is 1. The second-order valence-corrected chi connectivity index (χ2v) is 11.9. The molecule has 1 aromatic carbocycles. The zero-order valence-electron chi connectivity index (χ0n) is 23.9. The maximum atomic E-state index is 14.2. The Morgan fingerprint density at radius 2 is 1.85 bits per heavy atom. The third-order valence-corrected chi connectivity index (χ3v) is 8.00. The second-order valence-electron chi connectivity index (χ2n) is 11.9. The Morgan fingerprint density at radius 1 is 1.12 bits per heavy atom. The van der Waals surface area contributed by atoms with E-state index in [1.807, 2.05) is 19.9 Å². The van der Waals surface area contributed by atoms with E-state index in [2.05, 4.69) is 34.1 Å². The molecule has 40 heavy (non-hydrogen) atoms. The summed E-state index contributed by atoms with van der Waals surface area (Å²) in [5.74, 6) is 1.59. The molecule has 1 atom stereocenters. The minimum Gasteiger partial charge on any atom is -0.389 e. The van der Waals surface area contributed by atoms with E-state index in [1.165, 1.54) is 4.57 Å². The molecule has 3 aromatic rings. The Balaban J connectivity index is 1.39. The van der Waals surface area contributed by atoms with E-state index in [1.54, 1.807) is 24.3 Å². The van der Waals surface area contributed by atoms with Gasteiger partial charge in [0.25, 0.3) is 6.43 Å². The molecule has 2 aliphatic rings. The van der Waals surface area contributed by atoms with E-state index in [9.17, 15) is 13.9 Å². The van der Waals surface area contributed by atoms with Crippen LogP contribution in [-0.2, 0) is 4.74 Å². The zero-order valence-corrected chi connectivity index (χ0v) is 23.9. The molecule has 0 radical (unpaired) electrons. The highest BCUT2D eigenvalue weighted by molar-refractivity contribution is 5.78. The van der Waals surface area contributed by atoms with Crippen molar-refractivity contribution in [3.05, 3.63) is 36.2 Å². The van der Waals surface area contributed by atoms with Crippen molar-refractivity contribution in [2.45, 2.75) is 70.6 Å². The Hall–Kier alpha value is -2.89. The van der Waals surface area contributed by atoms with Gasteiger partial charge in [0.2, 0.25) is 5.95 Å². The Bertz CT molecular complexity index is 1290. The first kappa shape index (κ1) is 28.6. The van der Waals surface area contributed by atoms with Gasteiger partial charge in [-0.15, -0.1) is 0 Å². The van der Waals surface area contributed by atoms with E-state index < -0.39 is 12.0 Å². The van der Waals surface area contributed by atoms with Crippen LogP contribution in [0.2, 0.25) is 0 Å². The van der Waals surface area contributed by atoms with Gasteiger partial charge in [0.15, 0.2) is 5.82 Å². The standard InChI is InChI=1S/C29H41F2N7O2/c1-19-17-40-14-13-37(19)24-15-25(38-23-8-6-5-7-22(23)33-27(38)26(30)31)35-28(34-24)32-16-20-9-11-21(12-10-20)36(4)18-29(2,3)39/h5-8,15,19-21,26,39H,9-14,16-18H2,1-4H3,(H,32,34,35)/t19-,20-,21-/m0/s1. The first-order valence-corrected chi connectivity index (χ1v) is 14.2. The molecule has 1 aliphatic heterocycles. The van der Waals surface area contributed by atoms with Gasteiger partial charge in [0.05, 0.1) is 35.9 Å². The monoisotopic (exact) mass is 557 g/mol. The topological polar surface area (TPSA) is 91.6 Å². The first-order chi connectivity index (χ1) is 19.1. The first-order valence-electron chi connectivity index (χ1n) is 14.2. The molecule has 2 aromatic heterocycles. The summed E-state index contributed by atoms with van der Waals surface area (Å²) in [6.07, 6.45) is 1.49. The predicted molar refractivity (Wildman–Crippen MR) is 152 cm³/mol. The van der Waals surface area contributed by atoms with Gasteiger partial charge in [-0.1, -0.05) is 12.1 Å². The molecule has 0 amide bonds. The number of rotatable bonds is 9. The van der Waals surface area contributed by atoms with Crippen LogP contribution in [-0.4, -0.2) is 87.1 Å². The Labute approximate surface area is 234 Å². The number of morpholine rings is 1. The number of hydrogen-bond donors (Lipinski definition) is 2. The fourth-order valence-corrected chi connectivity index (χ4v) is 6.03. The predicted octanol–water partition coefficient (Wildman–Crippen LogP) is 4.65. The van der Waals surface area contributed by atoms with Crippen LogP contribution in [0.3, 0.4) is 0 Å². The number of hydrogen-bond acceptors (Lipinski definition) is 8. The lowest BCUT2D eigenvalue weighted by atomic mass is 9.85. The van der Waals surface area contributed by atoms with Crippen LogP contribution in [0.4, 0.5) is 20.5 Å². The van der Waals surface area contributed by atoms with Crippen molar-refractivity contribution in [2.75, 3.05) is 50.1 Å². The lowest BCUT2D eigenvalue weighted by Gasteiger charge is -2.37. The summed E-state index contributed by atoms with van der Waals surface area (Å²) in [7, 11) is 2.09. The molecule has 2 N–H and O–H groups in total. The highest BCUT2D eigenvalue weighted by Gasteiger charge is 2.28. The van der Waals surface area contributed by atoms with Crippen LogP contribution >= 0.6 is 0 Å². The Morgan fingerprint density at radius 3 is 2.55 bits per heavy atom. The highest BCUT2D eigenvalue weighted by Crippen LogP contribution is 2.31. The Kier molecular flexibility index (Phi) is 8.53. The quantitative estimate of drug-likeness (QED) is 0.393. The van der Waals surface area contributed by atoms with E-state index >= 15 is 0 Å². The average molecular weight is 558 g/mol. The zero-order chi connectivity index (χ0) is 28.4. The number of alkyl halides is 2. The summed E-state index contributed by atoms with van der Waals surface area (Å²) < 4.78 is 35.4. The minimum atomic E-state index is -2.76.